The summed E-state index contributed by atoms with van der Waals surface area (Å²) in [5.74, 6) is -1.67. The van der Waals surface area contributed by atoms with Gasteiger partial charge in [0.15, 0.2) is 19.7 Å². The number of esters is 1. The second-order valence-electron chi connectivity index (χ2n) is 6.59. The molecular formula is C19H19NO7S2. The number of carbonyl (C=O) groups excluding carboxylic acids is 2. The van der Waals surface area contributed by atoms with E-state index in [9.17, 15) is 26.4 Å². The maximum atomic E-state index is 12.6. The topological polar surface area (TPSA) is 124 Å². The molecular weight excluding hydrogens is 418 g/mol. The van der Waals surface area contributed by atoms with Crippen molar-refractivity contribution in [3.05, 3.63) is 59.7 Å². The van der Waals surface area contributed by atoms with Crippen LogP contribution < -0.4 is 5.32 Å². The number of anilines is 1. The van der Waals surface area contributed by atoms with Gasteiger partial charge in [0, 0.05) is 5.56 Å². The van der Waals surface area contributed by atoms with Gasteiger partial charge in [-0.3, -0.25) is 4.79 Å². The number of hydrogen-bond donors (Lipinski definition) is 1. The Morgan fingerprint density at radius 1 is 1.07 bits per heavy atom. The average Bonchev–Trinajstić information content (AvgIpc) is 3.08. The molecule has 0 bridgehead atoms. The van der Waals surface area contributed by atoms with Gasteiger partial charge in [0.2, 0.25) is 0 Å². The number of amides is 1. The average molecular weight is 437 g/mol. The molecule has 1 heterocycles. The van der Waals surface area contributed by atoms with Crippen molar-refractivity contribution in [1.82, 2.24) is 0 Å². The highest BCUT2D eigenvalue weighted by atomic mass is 32.2. The summed E-state index contributed by atoms with van der Waals surface area (Å²) in [4.78, 5) is 24.2. The lowest BCUT2D eigenvalue weighted by Crippen LogP contribution is -2.23. The monoisotopic (exact) mass is 437 g/mol. The molecule has 1 aliphatic heterocycles. The molecule has 1 N–H and O–H groups in total. The lowest BCUT2D eigenvalue weighted by atomic mass is 10.1. The Kier molecular flexibility index (Phi) is 5.76. The minimum absolute atomic E-state index is 0.0360. The van der Waals surface area contributed by atoms with Crippen molar-refractivity contribution in [1.29, 1.82) is 0 Å². The highest BCUT2D eigenvalue weighted by molar-refractivity contribution is 7.96. The molecule has 10 heteroatoms. The lowest BCUT2D eigenvalue weighted by Gasteiger charge is -2.12. The van der Waals surface area contributed by atoms with Crippen molar-refractivity contribution in [3.63, 3.8) is 0 Å². The molecule has 1 saturated heterocycles. The van der Waals surface area contributed by atoms with Gasteiger partial charge in [-0.15, -0.1) is 0 Å². The normalized spacial score (nSPS) is 18.2. The number of sulfone groups is 2. The molecule has 0 radical (unpaired) electrons. The van der Waals surface area contributed by atoms with Crippen LogP contribution >= 0.6 is 0 Å². The van der Waals surface area contributed by atoms with E-state index >= 15 is 0 Å². The zero-order valence-corrected chi connectivity index (χ0v) is 17.1. The first-order chi connectivity index (χ1) is 13.6. The van der Waals surface area contributed by atoms with Gasteiger partial charge in [0.05, 0.1) is 40.0 Å². The third-order valence-corrected chi connectivity index (χ3v) is 8.84. The van der Waals surface area contributed by atoms with Gasteiger partial charge in [0.1, 0.15) is 0 Å². The molecule has 3 rings (SSSR count). The van der Waals surface area contributed by atoms with Crippen LogP contribution in [0.15, 0.2) is 53.4 Å². The summed E-state index contributed by atoms with van der Waals surface area (Å²) in [7, 11) is -5.91. The smallest absolute Gasteiger partial charge is 0.339 e. The third-order valence-electron chi connectivity index (χ3n) is 4.66. The fourth-order valence-corrected chi connectivity index (χ4v) is 7.43. The summed E-state index contributed by atoms with van der Waals surface area (Å²) < 4.78 is 53.1. The molecule has 154 valence electrons. The summed E-state index contributed by atoms with van der Waals surface area (Å²) in [5.41, 5.74) is 0.630. The summed E-state index contributed by atoms with van der Waals surface area (Å²) in [5, 5.41) is 1.62. The van der Waals surface area contributed by atoms with E-state index in [1.165, 1.54) is 37.4 Å². The highest BCUT2D eigenvalue weighted by Crippen LogP contribution is 2.26. The molecule has 2 aromatic rings. The Hall–Kier alpha value is -2.72. The highest BCUT2D eigenvalue weighted by Gasteiger charge is 2.38. The van der Waals surface area contributed by atoms with Gasteiger partial charge in [0.25, 0.3) is 5.91 Å². The second kappa shape index (κ2) is 7.96. The Balaban J connectivity index is 1.79. The van der Waals surface area contributed by atoms with Crippen LogP contribution in [0.3, 0.4) is 0 Å². The van der Waals surface area contributed by atoms with Crippen molar-refractivity contribution in [2.75, 3.05) is 23.9 Å². The molecule has 1 fully saturated rings. The Labute approximate surface area is 168 Å². The number of hydrogen-bond acceptors (Lipinski definition) is 7. The molecule has 0 aromatic heterocycles. The second-order valence-corrected chi connectivity index (χ2v) is 11.0. The fraction of sp³-hybridized carbons (Fsp3) is 0.263. The molecule has 0 spiro atoms. The molecule has 0 saturated carbocycles. The van der Waals surface area contributed by atoms with E-state index < -0.39 is 36.8 Å². The maximum Gasteiger partial charge on any atom is 0.339 e. The lowest BCUT2D eigenvalue weighted by molar-refractivity contribution is 0.0602. The molecule has 8 nitrogen and oxygen atoms in total. The molecule has 0 unspecified atom stereocenters. The SMILES string of the molecule is COC(=O)c1ccccc1NC(=O)c1ccc(S(=O)(=O)[C@@H]2CCS(=O)(=O)C2)cc1. The van der Waals surface area contributed by atoms with E-state index in [0.29, 0.717) is 0 Å². The standard InChI is InChI=1S/C19H19NO7S2/c1-27-19(22)16-4-2-3-5-17(16)20-18(21)13-6-8-14(9-7-13)29(25,26)15-10-11-28(23,24)12-15/h2-9,15H,10-12H2,1H3,(H,20,21)/t15-/m1/s1. The number of methoxy groups -OCH3 is 1. The van der Waals surface area contributed by atoms with Crippen molar-refractivity contribution in [3.8, 4) is 0 Å². The first kappa shape index (κ1) is 21.0. The molecule has 1 amide bonds. The van der Waals surface area contributed by atoms with Gasteiger partial charge < -0.3 is 10.1 Å². The largest absolute Gasteiger partial charge is 0.465 e. The number of benzene rings is 2. The first-order valence-electron chi connectivity index (χ1n) is 8.67. The van der Waals surface area contributed by atoms with Crippen LogP contribution in [0.25, 0.3) is 0 Å². The zero-order valence-electron chi connectivity index (χ0n) is 15.5. The number of para-hydroxylation sites is 1. The van der Waals surface area contributed by atoms with Crippen LogP contribution in [0.1, 0.15) is 27.1 Å². The van der Waals surface area contributed by atoms with Crippen LogP contribution in [-0.4, -0.2) is 52.6 Å². The first-order valence-corrected chi connectivity index (χ1v) is 12.0. The third kappa shape index (κ3) is 4.48. The minimum Gasteiger partial charge on any atom is -0.465 e. The summed E-state index contributed by atoms with van der Waals surface area (Å²) in [6.45, 7) is 0. The maximum absolute atomic E-state index is 12.6. The molecule has 2 aromatic carbocycles. The number of carbonyl (C=O) groups is 2. The molecule has 0 aliphatic carbocycles. The number of ether oxygens (including phenoxy) is 1. The van der Waals surface area contributed by atoms with Gasteiger partial charge in [-0.05, 0) is 42.8 Å². The van der Waals surface area contributed by atoms with E-state index in [1.54, 1.807) is 18.2 Å². The Morgan fingerprint density at radius 2 is 1.72 bits per heavy atom. The van der Waals surface area contributed by atoms with E-state index in [1.807, 2.05) is 0 Å². The number of nitrogens with one attached hydrogen (secondary N) is 1. The Morgan fingerprint density at radius 3 is 2.31 bits per heavy atom. The van der Waals surface area contributed by atoms with E-state index in [-0.39, 0.29) is 39.6 Å². The molecule has 1 aliphatic rings. The minimum atomic E-state index is -3.80. The van der Waals surface area contributed by atoms with Crippen LogP contribution in [0.4, 0.5) is 5.69 Å². The predicted molar refractivity (Wildman–Crippen MR) is 106 cm³/mol. The van der Waals surface area contributed by atoms with E-state index in [0.717, 1.165) is 0 Å². The van der Waals surface area contributed by atoms with E-state index in [2.05, 4.69) is 10.1 Å². The van der Waals surface area contributed by atoms with Crippen molar-refractivity contribution >= 4 is 37.2 Å². The zero-order chi connectivity index (χ0) is 21.2. The van der Waals surface area contributed by atoms with Gasteiger partial charge in [-0.1, -0.05) is 12.1 Å². The van der Waals surface area contributed by atoms with Crippen LogP contribution in [-0.2, 0) is 24.4 Å². The van der Waals surface area contributed by atoms with Crippen molar-refractivity contribution in [2.45, 2.75) is 16.6 Å². The van der Waals surface area contributed by atoms with Gasteiger partial charge >= 0.3 is 5.97 Å². The quantitative estimate of drug-likeness (QED) is 0.706. The van der Waals surface area contributed by atoms with Crippen LogP contribution in [0.5, 0.6) is 0 Å². The summed E-state index contributed by atoms with van der Waals surface area (Å²) >= 11 is 0. The van der Waals surface area contributed by atoms with E-state index in [4.69, 9.17) is 0 Å². The summed E-state index contributed by atoms with van der Waals surface area (Å²) in [6, 6.07) is 11.6. The van der Waals surface area contributed by atoms with Gasteiger partial charge in [-0.25, -0.2) is 21.6 Å². The van der Waals surface area contributed by atoms with Gasteiger partial charge in [-0.2, -0.15) is 0 Å². The fourth-order valence-electron chi connectivity index (χ4n) is 3.07. The van der Waals surface area contributed by atoms with Crippen molar-refractivity contribution in [2.24, 2.45) is 0 Å². The van der Waals surface area contributed by atoms with Crippen molar-refractivity contribution < 1.29 is 31.2 Å². The van der Waals surface area contributed by atoms with Crippen LogP contribution in [0, 0.1) is 0 Å². The number of rotatable bonds is 5. The molecule has 1 atom stereocenters. The predicted octanol–water partition coefficient (Wildman–Crippen LogP) is 1.69. The Bertz CT molecular complexity index is 1150. The molecule has 29 heavy (non-hydrogen) atoms. The van der Waals surface area contributed by atoms with Crippen LogP contribution in [0.2, 0.25) is 0 Å². The summed E-state index contributed by atoms with van der Waals surface area (Å²) in [6.07, 6.45) is 0.0667.